The van der Waals surface area contributed by atoms with Crippen molar-refractivity contribution in [2.24, 2.45) is 0 Å². The van der Waals surface area contributed by atoms with Gasteiger partial charge >= 0.3 is 0 Å². The lowest BCUT2D eigenvalue weighted by Crippen LogP contribution is -2.07. The molecule has 0 aromatic heterocycles. The molecule has 1 fully saturated rings. The van der Waals surface area contributed by atoms with E-state index < -0.39 is 0 Å². The first-order valence-corrected chi connectivity index (χ1v) is 5.72. The SMILES string of the molecule is CCCCCCCOCC1OC1CO. The summed E-state index contributed by atoms with van der Waals surface area (Å²) in [4.78, 5) is 0. The van der Waals surface area contributed by atoms with Gasteiger partial charge in [-0.3, -0.25) is 0 Å². The molecule has 0 aromatic carbocycles. The molecule has 1 N–H and O–H groups in total. The van der Waals surface area contributed by atoms with Gasteiger partial charge in [0.05, 0.1) is 13.2 Å². The van der Waals surface area contributed by atoms with Crippen LogP contribution in [0, 0.1) is 0 Å². The van der Waals surface area contributed by atoms with Gasteiger partial charge in [-0.25, -0.2) is 0 Å². The van der Waals surface area contributed by atoms with E-state index >= 15 is 0 Å². The van der Waals surface area contributed by atoms with Gasteiger partial charge < -0.3 is 14.6 Å². The van der Waals surface area contributed by atoms with E-state index in [2.05, 4.69) is 6.92 Å². The molecule has 1 rings (SSSR count). The van der Waals surface area contributed by atoms with Gasteiger partial charge in [-0.05, 0) is 6.42 Å². The maximum Gasteiger partial charge on any atom is 0.110 e. The minimum atomic E-state index is 0.0510. The lowest BCUT2D eigenvalue weighted by Gasteiger charge is -2.01. The number of hydrogen-bond acceptors (Lipinski definition) is 3. The standard InChI is InChI=1S/C11H22O3/c1-2-3-4-5-6-7-13-9-11-10(8-12)14-11/h10-12H,2-9H2,1H3. The molecule has 3 nitrogen and oxygen atoms in total. The van der Waals surface area contributed by atoms with Crippen molar-refractivity contribution in [2.75, 3.05) is 19.8 Å². The molecule has 3 heteroatoms. The minimum Gasteiger partial charge on any atom is -0.394 e. The molecular formula is C11H22O3. The average molecular weight is 202 g/mol. The smallest absolute Gasteiger partial charge is 0.110 e. The fraction of sp³-hybridized carbons (Fsp3) is 1.00. The summed E-state index contributed by atoms with van der Waals surface area (Å²) in [5.74, 6) is 0. The molecule has 0 saturated carbocycles. The highest BCUT2D eigenvalue weighted by molar-refractivity contribution is 4.83. The van der Waals surface area contributed by atoms with Crippen molar-refractivity contribution in [2.45, 2.75) is 51.2 Å². The Kier molecular flexibility index (Phi) is 6.15. The summed E-state index contributed by atoms with van der Waals surface area (Å²) < 4.78 is 10.6. The summed E-state index contributed by atoms with van der Waals surface area (Å²) in [6.07, 6.45) is 6.57. The number of ether oxygens (including phenoxy) is 2. The summed E-state index contributed by atoms with van der Waals surface area (Å²) in [5.41, 5.74) is 0. The van der Waals surface area contributed by atoms with Gasteiger partial charge in [0.2, 0.25) is 0 Å². The second kappa shape index (κ2) is 7.21. The Morgan fingerprint density at radius 1 is 1.14 bits per heavy atom. The summed E-state index contributed by atoms with van der Waals surface area (Å²) in [6, 6.07) is 0. The number of hydrogen-bond donors (Lipinski definition) is 1. The fourth-order valence-electron chi connectivity index (χ4n) is 1.49. The summed E-state index contributed by atoms with van der Waals surface area (Å²) in [7, 11) is 0. The number of rotatable bonds is 9. The van der Waals surface area contributed by atoms with E-state index in [1.807, 2.05) is 0 Å². The van der Waals surface area contributed by atoms with Crippen molar-refractivity contribution in [3.8, 4) is 0 Å². The molecule has 0 aromatic rings. The van der Waals surface area contributed by atoms with Gasteiger partial charge in [0.15, 0.2) is 0 Å². The third kappa shape index (κ3) is 4.94. The molecule has 1 heterocycles. The Morgan fingerprint density at radius 3 is 2.57 bits per heavy atom. The normalized spacial score (nSPS) is 25.3. The summed E-state index contributed by atoms with van der Waals surface area (Å²) in [5, 5.41) is 8.70. The number of unbranched alkanes of at least 4 members (excludes halogenated alkanes) is 4. The Bertz CT molecular complexity index is 138. The molecule has 0 aliphatic carbocycles. The van der Waals surface area contributed by atoms with E-state index in [9.17, 15) is 0 Å². The Balaban J connectivity index is 1.73. The predicted octanol–water partition coefficient (Wildman–Crippen LogP) is 1.73. The first-order chi connectivity index (χ1) is 6.88. The van der Waals surface area contributed by atoms with Gasteiger partial charge in [0.1, 0.15) is 12.2 Å². The van der Waals surface area contributed by atoms with E-state index in [1.165, 1.54) is 25.7 Å². The lowest BCUT2D eigenvalue weighted by atomic mass is 10.2. The molecule has 2 unspecified atom stereocenters. The van der Waals surface area contributed by atoms with Gasteiger partial charge in [0, 0.05) is 6.61 Å². The summed E-state index contributed by atoms with van der Waals surface area (Å²) in [6.45, 7) is 3.83. The third-order valence-electron chi connectivity index (χ3n) is 2.54. The zero-order valence-corrected chi connectivity index (χ0v) is 9.08. The van der Waals surface area contributed by atoms with Crippen LogP contribution in [0.3, 0.4) is 0 Å². The van der Waals surface area contributed by atoms with Gasteiger partial charge in [-0.2, -0.15) is 0 Å². The third-order valence-corrected chi connectivity index (χ3v) is 2.54. The van der Waals surface area contributed by atoms with Crippen molar-refractivity contribution >= 4 is 0 Å². The van der Waals surface area contributed by atoms with Crippen molar-refractivity contribution in [1.29, 1.82) is 0 Å². The maximum absolute atomic E-state index is 8.70. The first kappa shape index (κ1) is 12.0. The van der Waals surface area contributed by atoms with Crippen LogP contribution in [0.2, 0.25) is 0 Å². The molecule has 0 radical (unpaired) electrons. The van der Waals surface area contributed by atoms with Gasteiger partial charge in [0.25, 0.3) is 0 Å². The Hall–Kier alpha value is -0.120. The number of aliphatic hydroxyl groups excluding tert-OH is 1. The topological polar surface area (TPSA) is 42.0 Å². The zero-order chi connectivity index (χ0) is 10.2. The van der Waals surface area contributed by atoms with E-state index in [4.69, 9.17) is 14.6 Å². The summed E-state index contributed by atoms with van der Waals surface area (Å²) >= 11 is 0. The van der Waals surface area contributed by atoms with Crippen LogP contribution < -0.4 is 0 Å². The van der Waals surface area contributed by atoms with Gasteiger partial charge in [-0.15, -0.1) is 0 Å². The van der Waals surface area contributed by atoms with Crippen LogP contribution in [0.5, 0.6) is 0 Å². The van der Waals surface area contributed by atoms with E-state index in [0.717, 1.165) is 13.0 Å². The Labute approximate surface area is 86.4 Å². The largest absolute Gasteiger partial charge is 0.394 e. The highest BCUT2D eigenvalue weighted by Gasteiger charge is 2.37. The molecule has 84 valence electrons. The molecule has 0 amide bonds. The Morgan fingerprint density at radius 2 is 1.93 bits per heavy atom. The second-order valence-corrected chi connectivity index (χ2v) is 3.88. The second-order valence-electron chi connectivity index (χ2n) is 3.88. The van der Waals surface area contributed by atoms with Crippen molar-refractivity contribution in [3.05, 3.63) is 0 Å². The fourth-order valence-corrected chi connectivity index (χ4v) is 1.49. The highest BCUT2D eigenvalue weighted by atomic mass is 16.6. The molecule has 0 spiro atoms. The highest BCUT2D eigenvalue weighted by Crippen LogP contribution is 2.21. The molecule has 1 aliphatic heterocycles. The average Bonchev–Trinajstić information content (AvgIpc) is 2.95. The molecule has 1 saturated heterocycles. The molecule has 2 atom stereocenters. The van der Waals surface area contributed by atoms with Crippen molar-refractivity contribution in [1.82, 2.24) is 0 Å². The predicted molar refractivity (Wildman–Crippen MR) is 55.3 cm³/mol. The van der Waals surface area contributed by atoms with Crippen LogP contribution in [0.4, 0.5) is 0 Å². The maximum atomic E-state index is 8.70. The number of aliphatic hydroxyl groups is 1. The van der Waals surface area contributed by atoms with E-state index in [-0.39, 0.29) is 18.8 Å². The van der Waals surface area contributed by atoms with Crippen molar-refractivity contribution < 1.29 is 14.6 Å². The van der Waals surface area contributed by atoms with Crippen LogP contribution in [-0.2, 0) is 9.47 Å². The monoisotopic (exact) mass is 202 g/mol. The minimum absolute atomic E-state index is 0.0510. The molecule has 0 bridgehead atoms. The van der Waals surface area contributed by atoms with Crippen LogP contribution in [0.1, 0.15) is 39.0 Å². The molecular weight excluding hydrogens is 180 g/mol. The lowest BCUT2D eigenvalue weighted by molar-refractivity contribution is 0.113. The van der Waals surface area contributed by atoms with Crippen LogP contribution in [0.25, 0.3) is 0 Å². The van der Waals surface area contributed by atoms with E-state index in [0.29, 0.717) is 6.61 Å². The zero-order valence-electron chi connectivity index (χ0n) is 9.08. The van der Waals surface area contributed by atoms with Gasteiger partial charge in [-0.1, -0.05) is 32.6 Å². The van der Waals surface area contributed by atoms with E-state index in [1.54, 1.807) is 0 Å². The van der Waals surface area contributed by atoms with Crippen LogP contribution in [-0.4, -0.2) is 37.1 Å². The van der Waals surface area contributed by atoms with Crippen molar-refractivity contribution in [3.63, 3.8) is 0 Å². The first-order valence-electron chi connectivity index (χ1n) is 5.72. The van der Waals surface area contributed by atoms with Crippen LogP contribution in [0.15, 0.2) is 0 Å². The molecule has 1 aliphatic rings. The number of epoxide rings is 1. The molecule has 14 heavy (non-hydrogen) atoms. The van der Waals surface area contributed by atoms with Crippen LogP contribution >= 0.6 is 0 Å². The quantitative estimate of drug-likeness (QED) is 0.457.